The van der Waals surface area contributed by atoms with Crippen LogP contribution in [0.25, 0.3) is 0 Å². The summed E-state index contributed by atoms with van der Waals surface area (Å²) in [6.07, 6.45) is 2.60. The molecule has 0 radical (unpaired) electrons. The molecule has 110 valence electrons. The van der Waals surface area contributed by atoms with Gasteiger partial charge in [0.15, 0.2) is 0 Å². The fourth-order valence-electron chi connectivity index (χ4n) is 2.12. The summed E-state index contributed by atoms with van der Waals surface area (Å²) < 4.78 is 13.4. The summed E-state index contributed by atoms with van der Waals surface area (Å²) in [4.78, 5) is 1.19. The quantitative estimate of drug-likeness (QED) is 0.749. The maximum Gasteiger partial charge on any atom is 0.142 e. The molecule has 3 rings (SSSR count). The molecule has 1 N–H and O–H groups in total. The van der Waals surface area contributed by atoms with Gasteiger partial charge in [-0.2, -0.15) is 0 Å². The van der Waals surface area contributed by atoms with Crippen molar-refractivity contribution in [2.75, 3.05) is 0 Å². The number of nitrogens with one attached hydrogen (secondary N) is 1. The molecule has 0 spiro atoms. The maximum atomic E-state index is 13.4. The fourth-order valence-corrected chi connectivity index (χ4v) is 3.36. The van der Waals surface area contributed by atoms with Gasteiger partial charge in [-0.25, -0.2) is 4.39 Å². The van der Waals surface area contributed by atoms with Crippen molar-refractivity contribution >= 4 is 23.4 Å². The van der Waals surface area contributed by atoms with Gasteiger partial charge in [0.2, 0.25) is 0 Å². The van der Waals surface area contributed by atoms with Gasteiger partial charge < -0.3 is 5.32 Å². The molecule has 0 atom stereocenters. The van der Waals surface area contributed by atoms with Crippen molar-refractivity contribution in [2.24, 2.45) is 0 Å². The van der Waals surface area contributed by atoms with Crippen LogP contribution < -0.4 is 5.32 Å². The molecule has 0 bridgehead atoms. The molecule has 0 saturated heterocycles. The number of hydrogen-bond acceptors (Lipinski definition) is 2. The van der Waals surface area contributed by atoms with Gasteiger partial charge in [-0.3, -0.25) is 0 Å². The second-order valence-corrected chi connectivity index (χ2v) is 6.73. The lowest BCUT2D eigenvalue weighted by Gasteiger charge is -2.07. The van der Waals surface area contributed by atoms with Crippen molar-refractivity contribution in [1.29, 1.82) is 0 Å². The van der Waals surface area contributed by atoms with E-state index in [0.29, 0.717) is 11.8 Å². The van der Waals surface area contributed by atoms with E-state index in [9.17, 15) is 4.39 Å². The Kier molecular flexibility index (Phi) is 4.84. The first-order valence-electron chi connectivity index (χ1n) is 7.10. The first-order chi connectivity index (χ1) is 10.2. The van der Waals surface area contributed by atoms with Gasteiger partial charge in [0.25, 0.3) is 0 Å². The molecule has 0 aromatic heterocycles. The van der Waals surface area contributed by atoms with E-state index >= 15 is 0 Å². The summed E-state index contributed by atoms with van der Waals surface area (Å²) >= 11 is 7.67. The number of benzene rings is 2. The van der Waals surface area contributed by atoms with Crippen molar-refractivity contribution in [3.05, 3.63) is 64.4 Å². The Labute approximate surface area is 133 Å². The van der Waals surface area contributed by atoms with Gasteiger partial charge in [0.05, 0.1) is 5.02 Å². The minimum atomic E-state index is -0.350. The summed E-state index contributed by atoms with van der Waals surface area (Å²) in [5, 5.41) is 3.74. The third-order valence-corrected chi connectivity index (χ3v) is 4.96. The highest BCUT2D eigenvalue weighted by molar-refractivity contribution is 7.98. The van der Waals surface area contributed by atoms with E-state index in [1.807, 2.05) is 6.07 Å². The number of hydrogen-bond donors (Lipinski definition) is 1. The van der Waals surface area contributed by atoms with Crippen LogP contribution in [0.5, 0.6) is 0 Å². The van der Waals surface area contributed by atoms with E-state index in [4.69, 9.17) is 11.6 Å². The third-order valence-electron chi connectivity index (χ3n) is 3.50. The number of rotatable bonds is 6. The molecule has 21 heavy (non-hydrogen) atoms. The average Bonchev–Trinajstić information content (AvgIpc) is 3.31. The van der Waals surface area contributed by atoms with Crippen LogP contribution in [0.3, 0.4) is 0 Å². The van der Waals surface area contributed by atoms with E-state index in [-0.39, 0.29) is 10.8 Å². The minimum absolute atomic E-state index is 0.233. The van der Waals surface area contributed by atoms with Gasteiger partial charge in [0, 0.05) is 23.2 Å². The summed E-state index contributed by atoms with van der Waals surface area (Å²) in [5.74, 6) is 0.327. The van der Waals surface area contributed by atoms with Crippen molar-refractivity contribution < 1.29 is 4.39 Å². The smallest absolute Gasteiger partial charge is 0.142 e. The van der Waals surface area contributed by atoms with Gasteiger partial charge in [-0.1, -0.05) is 35.9 Å². The molecule has 1 fully saturated rings. The van der Waals surface area contributed by atoms with E-state index in [0.717, 1.165) is 12.1 Å². The predicted molar refractivity (Wildman–Crippen MR) is 87.3 cm³/mol. The Morgan fingerprint density at radius 2 is 2.00 bits per heavy atom. The Bertz CT molecular complexity index is 628. The van der Waals surface area contributed by atoms with Crippen molar-refractivity contribution in [2.45, 2.75) is 36.1 Å². The monoisotopic (exact) mass is 321 g/mol. The second-order valence-electron chi connectivity index (χ2n) is 5.30. The van der Waals surface area contributed by atoms with Crippen LogP contribution in [0.15, 0.2) is 47.4 Å². The lowest BCUT2D eigenvalue weighted by atomic mass is 10.2. The molecule has 0 heterocycles. The van der Waals surface area contributed by atoms with Crippen molar-refractivity contribution in [1.82, 2.24) is 5.32 Å². The highest BCUT2D eigenvalue weighted by Gasteiger charge is 2.19. The lowest BCUT2D eigenvalue weighted by molar-refractivity contribution is 0.627. The molecule has 1 aliphatic carbocycles. The molecule has 0 unspecified atom stereocenters. The van der Waals surface area contributed by atoms with E-state index < -0.39 is 0 Å². The standard InChI is InChI=1S/C17H17ClFNS/c18-17-13(4-2-6-16(17)19)11-21-15-5-1-3-12(9-15)10-20-14-7-8-14/h1-6,9,14,20H,7-8,10-11H2. The zero-order valence-corrected chi connectivity index (χ0v) is 13.2. The normalized spacial score (nSPS) is 14.4. The van der Waals surface area contributed by atoms with Crippen LogP contribution in [0.1, 0.15) is 24.0 Å². The first kappa shape index (κ1) is 14.9. The Balaban J connectivity index is 1.61. The van der Waals surface area contributed by atoms with Crippen LogP contribution in [0.4, 0.5) is 4.39 Å². The Hall–Kier alpha value is -1.03. The predicted octanol–water partition coefficient (Wildman–Crippen LogP) is 5.02. The summed E-state index contributed by atoms with van der Waals surface area (Å²) in [5.41, 5.74) is 2.13. The van der Waals surface area contributed by atoms with Gasteiger partial charge in [-0.15, -0.1) is 11.8 Å². The largest absolute Gasteiger partial charge is 0.310 e. The lowest BCUT2D eigenvalue weighted by Crippen LogP contribution is -2.15. The summed E-state index contributed by atoms with van der Waals surface area (Å²) in [6.45, 7) is 0.916. The summed E-state index contributed by atoms with van der Waals surface area (Å²) in [7, 11) is 0. The zero-order valence-electron chi connectivity index (χ0n) is 11.6. The molecule has 1 aliphatic rings. The van der Waals surface area contributed by atoms with Crippen LogP contribution in [-0.4, -0.2) is 6.04 Å². The number of thioether (sulfide) groups is 1. The van der Waals surface area contributed by atoms with Gasteiger partial charge in [0.1, 0.15) is 5.82 Å². The minimum Gasteiger partial charge on any atom is -0.310 e. The molecule has 4 heteroatoms. The molecule has 0 aliphatic heterocycles. The van der Waals surface area contributed by atoms with Crippen molar-refractivity contribution in [3.63, 3.8) is 0 Å². The fraction of sp³-hybridized carbons (Fsp3) is 0.294. The highest BCUT2D eigenvalue weighted by atomic mass is 35.5. The van der Waals surface area contributed by atoms with Crippen molar-refractivity contribution in [3.8, 4) is 0 Å². The molecule has 2 aromatic carbocycles. The van der Waals surface area contributed by atoms with Crippen LogP contribution in [-0.2, 0) is 12.3 Å². The Morgan fingerprint density at radius 1 is 1.19 bits per heavy atom. The van der Waals surface area contributed by atoms with Crippen LogP contribution >= 0.6 is 23.4 Å². The van der Waals surface area contributed by atoms with Gasteiger partial charge in [-0.05, 0) is 42.2 Å². The molecule has 0 amide bonds. The average molecular weight is 322 g/mol. The zero-order chi connectivity index (χ0) is 14.7. The van der Waals surface area contributed by atoms with Crippen LogP contribution in [0.2, 0.25) is 5.02 Å². The van der Waals surface area contributed by atoms with E-state index in [2.05, 4.69) is 29.6 Å². The highest BCUT2D eigenvalue weighted by Crippen LogP contribution is 2.28. The maximum absolute atomic E-state index is 13.4. The first-order valence-corrected chi connectivity index (χ1v) is 8.47. The molecular formula is C17H17ClFNS. The molecular weight excluding hydrogens is 305 g/mol. The van der Waals surface area contributed by atoms with E-state index in [1.54, 1.807) is 17.8 Å². The second kappa shape index (κ2) is 6.82. The Morgan fingerprint density at radius 3 is 2.81 bits per heavy atom. The van der Waals surface area contributed by atoms with Crippen LogP contribution in [0, 0.1) is 5.82 Å². The topological polar surface area (TPSA) is 12.0 Å². The molecule has 1 saturated carbocycles. The van der Waals surface area contributed by atoms with Gasteiger partial charge >= 0.3 is 0 Å². The number of halogens is 2. The molecule has 1 nitrogen and oxygen atoms in total. The SMILES string of the molecule is Fc1cccc(CSc2cccc(CNC3CC3)c2)c1Cl. The third kappa shape index (κ3) is 4.22. The molecule has 2 aromatic rings. The summed E-state index contributed by atoms with van der Waals surface area (Å²) in [6, 6.07) is 14.2. The van der Waals surface area contributed by atoms with E-state index in [1.165, 1.54) is 29.4 Å².